The minimum atomic E-state index is -4.99. The van der Waals surface area contributed by atoms with Gasteiger partial charge in [0.25, 0.3) is 0 Å². The first-order chi connectivity index (χ1) is 17.7. The van der Waals surface area contributed by atoms with Gasteiger partial charge in [-0.2, -0.15) is 0 Å². The SMILES string of the molecule is O=Cc1cc(OC(F)(F)F)cc(C(O)C(O)CCNC(=O)OCC2c3ccccc3-c3ccccc32)c1. The number of amides is 1. The van der Waals surface area contributed by atoms with E-state index in [2.05, 4.69) is 10.1 Å². The molecule has 10 heteroatoms. The largest absolute Gasteiger partial charge is 0.573 e. The third-order valence-electron chi connectivity index (χ3n) is 6.08. The standard InChI is InChI=1S/C27H24F3NO6/c28-27(29,30)37-18-12-16(14-32)11-17(13-18)25(34)24(33)9-10-31-26(35)36-15-23-21-7-3-1-5-19(21)20-6-2-4-8-22(20)23/h1-8,11-14,23-25,33-34H,9-10,15H2,(H,31,35). The first-order valence-electron chi connectivity index (χ1n) is 11.5. The number of ether oxygens (including phenoxy) is 2. The van der Waals surface area contributed by atoms with E-state index in [1.807, 2.05) is 48.5 Å². The Labute approximate surface area is 210 Å². The molecule has 2 atom stereocenters. The molecule has 4 rings (SSSR count). The third-order valence-corrected chi connectivity index (χ3v) is 6.08. The minimum absolute atomic E-state index is 0.0752. The number of alkyl carbamates (subject to hydrolysis) is 1. The van der Waals surface area contributed by atoms with Crippen LogP contribution in [0.4, 0.5) is 18.0 Å². The number of hydrogen-bond acceptors (Lipinski definition) is 6. The van der Waals surface area contributed by atoms with Gasteiger partial charge >= 0.3 is 12.5 Å². The number of alkyl halides is 3. The Morgan fingerprint density at radius 3 is 2.22 bits per heavy atom. The van der Waals surface area contributed by atoms with Crippen LogP contribution in [0, 0.1) is 0 Å². The van der Waals surface area contributed by atoms with Crippen molar-refractivity contribution >= 4 is 12.4 Å². The Bertz CT molecular complexity index is 1230. The number of aldehydes is 1. The van der Waals surface area contributed by atoms with Gasteiger partial charge in [0, 0.05) is 18.0 Å². The quantitative estimate of drug-likeness (QED) is 0.356. The van der Waals surface area contributed by atoms with Crippen molar-refractivity contribution in [3.05, 3.63) is 89.0 Å². The number of carbonyl (C=O) groups excluding carboxylic acids is 2. The van der Waals surface area contributed by atoms with Crippen molar-refractivity contribution in [2.45, 2.75) is 30.9 Å². The molecule has 1 aliphatic rings. The van der Waals surface area contributed by atoms with E-state index in [0.29, 0.717) is 6.29 Å². The molecule has 3 N–H and O–H groups in total. The zero-order valence-corrected chi connectivity index (χ0v) is 19.4. The smallest absolute Gasteiger partial charge is 0.449 e. The average molecular weight is 515 g/mol. The van der Waals surface area contributed by atoms with E-state index in [-0.39, 0.29) is 36.6 Å². The Kier molecular flexibility index (Phi) is 7.80. The molecule has 194 valence electrons. The van der Waals surface area contributed by atoms with Gasteiger partial charge < -0.3 is 25.0 Å². The van der Waals surface area contributed by atoms with Crippen LogP contribution in [0.5, 0.6) is 5.75 Å². The van der Waals surface area contributed by atoms with Crippen LogP contribution < -0.4 is 10.1 Å². The number of halogens is 3. The molecule has 3 aromatic carbocycles. The highest BCUT2D eigenvalue weighted by Gasteiger charge is 2.32. The van der Waals surface area contributed by atoms with Crippen LogP contribution in [0.25, 0.3) is 11.1 Å². The molecule has 1 aliphatic carbocycles. The molecular weight excluding hydrogens is 491 g/mol. The number of benzene rings is 3. The van der Waals surface area contributed by atoms with Crippen molar-refractivity contribution < 1.29 is 42.4 Å². The lowest BCUT2D eigenvalue weighted by Gasteiger charge is -2.20. The lowest BCUT2D eigenvalue weighted by Crippen LogP contribution is -2.30. The normalized spacial score (nSPS) is 14.3. The predicted molar refractivity (Wildman–Crippen MR) is 127 cm³/mol. The summed E-state index contributed by atoms with van der Waals surface area (Å²) < 4.78 is 46.9. The van der Waals surface area contributed by atoms with Gasteiger partial charge in [-0.3, -0.25) is 4.79 Å². The van der Waals surface area contributed by atoms with E-state index in [4.69, 9.17) is 4.74 Å². The van der Waals surface area contributed by atoms with Crippen LogP contribution in [0.1, 0.15) is 45.5 Å². The highest BCUT2D eigenvalue weighted by Crippen LogP contribution is 2.44. The number of hydrogen-bond donors (Lipinski definition) is 3. The third kappa shape index (κ3) is 6.28. The molecule has 0 saturated heterocycles. The molecule has 0 aliphatic heterocycles. The molecular formula is C27H24F3NO6. The molecule has 37 heavy (non-hydrogen) atoms. The zero-order valence-electron chi connectivity index (χ0n) is 19.4. The summed E-state index contributed by atoms with van der Waals surface area (Å²) in [5, 5.41) is 23.2. The van der Waals surface area contributed by atoms with Gasteiger partial charge in [0.15, 0.2) is 0 Å². The first-order valence-corrected chi connectivity index (χ1v) is 11.5. The van der Waals surface area contributed by atoms with E-state index in [9.17, 15) is 33.0 Å². The van der Waals surface area contributed by atoms with E-state index >= 15 is 0 Å². The van der Waals surface area contributed by atoms with E-state index in [0.717, 1.165) is 40.5 Å². The van der Waals surface area contributed by atoms with Crippen molar-refractivity contribution in [2.24, 2.45) is 0 Å². The van der Waals surface area contributed by atoms with Crippen LogP contribution in [-0.2, 0) is 4.74 Å². The number of aliphatic hydroxyl groups excluding tert-OH is 2. The van der Waals surface area contributed by atoms with Gasteiger partial charge in [0.05, 0.1) is 6.10 Å². The van der Waals surface area contributed by atoms with Gasteiger partial charge in [0.1, 0.15) is 24.7 Å². The highest BCUT2D eigenvalue weighted by atomic mass is 19.4. The lowest BCUT2D eigenvalue weighted by atomic mass is 9.98. The fourth-order valence-electron chi connectivity index (χ4n) is 4.43. The van der Waals surface area contributed by atoms with Crippen LogP contribution >= 0.6 is 0 Å². The number of rotatable bonds is 9. The number of aliphatic hydroxyl groups is 2. The Morgan fingerprint density at radius 2 is 1.62 bits per heavy atom. The molecule has 0 aromatic heterocycles. The molecule has 0 bridgehead atoms. The van der Waals surface area contributed by atoms with E-state index < -0.39 is 30.4 Å². The summed E-state index contributed by atoms with van der Waals surface area (Å²) in [6.45, 7) is 0.0275. The zero-order chi connectivity index (χ0) is 26.6. The fraction of sp³-hybridized carbons (Fsp3) is 0.259. The van der Waals surface area contributed by atoms with Crippen molar-refractivity contribution in [3.8, 4) is 16.9 Å². The highest BCUT2D eigenvalue weighted by molar-refractivity contribution is 5.79. The summed E-state index contributed by atoms with van der Waals surface area (Å²) in [6.07, 6.45) is -8.62. The maximum atomic E-state index is 12.5. The number of fused-ring (bicyclic) bond motifs is 3. The molecule has 0 saturated carbocycles. The lowest BCUT2D eigenvalue weighted by molar-refractivity contribution is -0.274. The van der Waals surface area contributed by atoms with Crippen LogP contribution in [0.3, 0.4) is 0 Å². The second-order valence-corrected chi connectivity index (χ2v) is 8.55. The predicted octanol–water partition coefficient (Wildman–Crippen LogP) is 4.72. The van der Waals surface area contributed by atoms with Crippen molar-refractivity contribution in [2.75, 3.05) is 13.2 Å². The Hall–Kier alpha value is -3.89. The summed E-state index contributed by atoms with van der Waals surface area (Å²) in [5.74, 6) is -0.820. The molecule has 0 radical (unpaired) electrons. The van der Waals surface area contributed by atoms with Crippen LogP contribution in [0.2, 0.25) is 0 Å². The molecule has 0 spiro atoms. The van der Waals surface area contributed by atoms with Gasteiger partial charge in [-0.05, 0) is 52.4 Å². The Morgan fingerprint density at radius 1 is 1.00 bits per heavy atom. The minimum Gasteiger partial charge on any atom is -0.449 e. The average Bonchev–Trinajstić information content (AvgIpc) is 3.19. The maximum Gasteiger partial charge on any atom is 0.573 e. The van der Waals surface area contributed by atoms with E-state index in [1.54, 1.807) is 0 Å². The molecule has 3 aromatic rings. The molecule has 7 nitrogen and oxygen atoms in total. The van der Waals surface area contributed by atoms with Gasteiger partial charge in [-0.15, -0.1) is 13.2 Å². The Balaban J connectivity index is 1.30. The number of nitrogens with one attached hydrogen (secondary N) is 1. The summed E-state index contributed by atoms with van der Waals surface area (Å²) >= 11 is 0. The van der Waals surface area contributed by atoms with Gasteiger partial charge in [-0.1, -0.05) is 48.5 Å². The monoisotopic (exact) mass is 515 g/mol. The number of carbonyl (C=O) groups is 2. The van der Waals surface area contributed by atoms with E-state index in [1.165, 1.54) is 0 Å². The summed E-state index contributed by atoms with van der Waals surface area (Å²) in [4.78, 5) is 23.3. The van der Waals surface area contributed by atoms with Crippen molar-refractivity contribution in [3.63, 3.8) is 0 Å². The maximum absolute atomic E-state index is 12.5. The molecule has 0 heterocycles. The van der Waals surface area contributed by atoms with Gasteiger partial charge in [0.2, 0.25) is 0 Å². The first kappa shape index (κ1) is 26.2. The van der Waals surface area contributed by atoms with Crippen LogP contribution in [0.15, 0.2) is 66.7 Å². The molecule has 1 amide bonds. The molecule has 0 fully saturated rings. The summed E-state index contributed by atoms with van der Waals surface area (Å²) in [5.41, 5.74) is 3.98. The molecule has 2 unspecified atom stereocenters. The summed E-state index contributed by atoms with van der Waals surface area (Å²) in [6, 6.07) is 18.6. The fourth-order valence-corrected chi connectivity index (χ4v) is 4.43. The second-order valence-electron chi connectivity index (χ2n) is 8.55. The second kappa shape index (κ2) is 11.0. The van der Waals surface area contributed by atoms with Crippen molar-refractivity contribution in [1.29, 1.82) is 0 Å². The van der Waals surface area contributed by atoms with Crippen LogP contribution in [-0.4, -0.2) is 48.2 Å². The topological polar surface area (TPSA) is 105 Å². The van der Waals surface area contributed by atoms with Crippen molar-refractivity contribution in [1.82, 2.24) is 5.32 Å². The summed E-state index contributed by atoms with van der Waals surface area (Å²) in [7, 11) is 0. The van der Waals surface area contributed by atoms with Gasteiger partial charge in [-0.25, -0.2) is 4.79 Å².